The number of ether oxygens (including phenoxy) is 2. The average Bonchev–Trinajstić information content (AvgIpc) is 2.83. The molecule has 2 rings (SSSR count). The van der Waals surface area contributed by atoms with Gasteiger partial charge in [0.1, 0.15) is 17.2 Å². The standard InChI is InChI=1S/C14H16N4O5/c1-8-13(18(20)21)12(16-17(8)2)14(19)15-10-6-5-9(22-3)7-11(10)23-4/h5-7H,1-4H3,(H,15,19). The summed E-state index contributed by atoms with van der Waals surface area (Å²) in [7, 11) is 4.48. The lowest BCUT2D eigenvalue weighted by atomic mass is 10.2. The van der Waals surface area contributed by atoms with Gasteiger partial charge in [0.2, 0.25) is 5.69 Å². The van der Waals surface area contributed by atoms with Crippen LogP contribution in [0.5, 0.6) is 11.5 Å². The maximum atomic E-state index is 12.3. The van der Waals surface area contributed by atoms with Gasteiger partial charge in [-0.2, -0.15) is 5.10 Å². The van der Waals surface area contributed by atoms with E-state index in [0.717, 1.165) is 0 Å². The fourth-order valence-electron chi connectivity index (χ4n) is 2.05. The first-order valence-corrected chi connectivity index (χ1v) is 6.60. The van der Waals surface area contributed by atoms with Crippen molar-refractivity contribution in [2.24, 2.45) is 7.05 Å². The van der Waals surface area contributed by atoms with Crippen molar-refractivity contribution < 1.29 is 19.2 Å². The zero-order valence-corrected chi connectivity index (χ0v) is 13.1. The number of carbonyl (C=O) groups excluding carboxylic acids is 1. The number of nitrogens with zero attached hydrogens (tertiary/aromatic N) is 3. The number of benzene rings is 1. The van der Waals surface area contributed by atoms with E-state index in [2.05, 4.69) is 10.4 Å². The molecule has 1 heterocycles. The van der Waals surface area contributed by atoms with E-state index >= 15 is 0 Å². The lowest BCUT2D eigenvalue weighted by molar-refractivity contribution is -0.385. The van der Waals surface area contributed by atoms with E-state index in [1.54, 1.807) is 18.2 Å². The number of rotatable bonds is 5. The molecule has 0 fully saturated rings. The number of methoxy groups -OCH3 is 2. The fourth-order valence-corrected chi connectivity index (χ4v) is 2.05. The minimum atomic E-state index is -0.691. The maximum Gasteiger partial charge on any atom is 0.322 e. The Labute approximate surface area is 132 Å². The van der Waals surface area contributed by atoms with Crippen LogP contribution in [0.25, 0.3) is 0 Å². The summed E-state index contributed by atoms with van der Waals surface area (Å²) < 4.78 is 11.5. The molecule has 9 nitrogen and oxygen atoms in total. The van der Waals surface area contributed by atoms with Crippen LogP contribution in [0.15, 0.2) is 18.2 Å². The zero-order chi connectivity index (χ0) is 17.1. The summed E-state index contributed by atoms with van der Waals surface area (Å²) in [6, 6.07) is 4.81. The minimum Gasteiger partial charge on any atom is -0.497 e. The molecule has 0 atom stereocenters. The number of nitro groups is 1. The van der Waals surface area contributed by atoms with Gasteiger partial charge in [-0.25, -0.2) is 0 Å². The Bertz CT molecular complexity index is 769. The summed E-state index contributed by atoms with van der Waals surface area (Å²) in [6.45, 7) is 1.52. The van der Waals surface area contributed by atoms with Gasteiger partial charge in [0, 0.05) is 13.1 Å². The number of amides is 1. The van der Waals surface area contributed by atoms with Gasteiger partial charge in [-0.05, 0) is 19.1 Å². The van der Waals surface area contributed by atoms with E-state index in [4.69, 9.17) is 9.47 Å². The van der Waals surface area contributed by atoms with Gasteiger partial charge in [0.25, 0.3) is 5.91 Å². The van der Waals surface area contributed by atoms with Crippen molar-refractivity contribution in [3.63, 3.8) is 0 Å². The molecule has 2 aromatic rings. The van der Waals surface area contributed by atoms with Crippen LogP contribution in [0, 0.1) is 17.0 Å². The first-order chi connectivity index (χ1) is 10.9. The Morgan fingerprint density at radius 3 is 2.61 bits per heavy atom. The molecule has 0 aliphatic heterocycles. The van der Waals surface area contributed by atoms with Crippen molar-refractivity contribution >= 4 is 17.3 Å². The number of nitrogens with one attached hydrogen (secondary N) is 1. The van der Waals surface area contributed by atoms with Crippen LogP contribution in [-0.4, -0.2) is 34.8 Å². The summed E-state index contributed by atoms with van der Waals surface area (Å²) in [5.41, 5.74) is 0.0723. The van der Waals surface area contributed by atoms with Crippen LogP contribution in [0.1, 0.15) is 16.2 Å². The van der Waals surface area contributed by atoms with E-state index in [-0.39, 0.29) is 11.4 Å². The third-order valence-electron chi connectivity index (χ3n) is 3.36. The molecule has 1 N–H and O–H groups in total. The normalized spacial score (nSPS) is 10.3. The largest absolute Gasteiger partial charge is 0.497 e. The molecule has 1 aromatic heterocycles. The van der Waals surface area contributed by atoms with Gasteiger partial charge < -0.3 is 14.8 Å². The van der Waals surface area contributed by atoms with Crippen molar-refractivity contribution in [1.29, 1.82) is 0 Å². The molecule has 122 valence electrons. The molecule has 9 heteroatoms. The average molecular weight is 320 g/mol. The van der Waals surface area contributed by atoms with Crippen LogP contribution >= 0.6 is 0 Å². The molecular formula is C14H16N4O5. The number of aromatic nitrogens is 2. The number of aryl methyl sites for hydroxylation is 1. The van der Waals surface area contributed by atoms with Crippen LogP contribution in [-0.2, 0) is 7.05 Å². The molecule has 0 spiro atoms. The van der Waals surface area contributed by atoms with Crippen molar-refractivity contribution in [3.05, 3.63) is 39.7 Å². The zero-order valence-electron chi connectivity index (χ0n) is 13.1. The summed E-state index contributed by atoms with van der Waals surface area (Å²) in [5.74, 6) is 0.233. The van der Waals surface area contributed by atoms with Crippen molar-refractivity contribution in [3.8, 4) is 11.5 Å². The van der Waals surface area contributed by atoms with E-state index < -0.39 is 10.8 Å². The predicted octanol–water partition coefficient (Wildman–Crippen LogP) is 1.91. The SMILES string of the molecule is COc1ccc(NC(=O)c2nn(C)c(C)c2[N+](=O)[O-])c(OC)c1. The molecule has 0 radical (unpaired) electrons. The van der Waals surface area contributed by atoms with Crippen molar-refractivity contribution in [1.82, 2.24) is 9.78 Å². The molecule has 1 amide bonds. The summed E-state index contributed by atoms with van der Waals surface area (Å²) >= 11 is 0. The topological polar surface area (TPSA) is 109 Å². The third-order valence-corrected chi connectivity index (χ3v) is 3.36. The van der Waals surface area contributed by atoms with E-state index in [1.807, 2.05) is 0 Å². The first kappa shape index (κ1) is 16.3. The molecule has 0 aliphatic carbocycles. The second-order valence-corrected chi connectivity index (χ2v) is 4.68. The van der Waals surface area contributed by atoms with E-state index in [1.165, 1.54) is 32.9 Å². The number of carbonyl (C=O) groups is 1. The smallest absolute Gasteiger partial charge is 0.322 e. The fraction of sp³-hybridized carbons (Fsp3) is 0.286. The van der Waals surface area contributed by atoms with Crippen LogP contribution < -0.4 is 14.8 Å². The van der Waals surface area contributed by atoms with E-state index in [0.29, 0.717) is 22.9 Å². The lowest BCUT2D eigenvalue weighted by Gasteiger charge is -2.10. The van der Waals surface area contributed by atoms with Crippen molar-refractivity contribution in [2.45, 2.75) is 6.92 Å². The van der Waals surface area contributed by atoms with Crippen molar-refractivity contribution in [2.75, 3.05) is 19.5 Å². The van der Waals surface area contributed by atoms with Gasteiger partial charge in [0.15, 0.2) is 0 Å². The predicted molar refractivity (Wildman–Crippen MR) is 82.1 cm³/mol. The monoisotopic (exact) mass is 320 g/mol. The highest BCUT2D eigenvalue weighted by Crippen LogP contribution is 2.30. The van der Waals surface area contributed by atoms with Gasteiger partial charge in [-0.1, -0.05) is 0 Å². The van der Waals surface area contributed by atoms with Crippen LogP contribution in [0.2, 0.25) is 0 Å². The second kappa shape index (κ2) is 6.34. The Balaban J connectivity index is 2.37. The Morgan fingerprint density at radius 2 is 2.04 bits per heavy atom. The molecular weight excluding hydrogens is 304 g/mol. The van der Waals surface area contributed by atoms with Crippen LogP contribution in [0.4, 0.5) is 11.4 Å². The highest BCUT2D eigenvalue weighted by molar-refractivity contribution is 6.06. The molecule has 0 saturated carbocycles. The second-order valence-electron chi connectivity index (χ2n) is 4.68. The first-order valence-electron chi connectivity index (χ1n) is 6.60. The number of hydrogen-bond acceptors (Lipinski definition) is 6. The third kappa shape index (κ3) is 3.07. The lowest BCUT2D eigenvalue weighted by Crippen LogP contribution is -2.15. The molecule has 0 unspecified atom stereocenters. The highest BCUT2D eigenvalue weighted by Gasteiger charge is 2.29. The molecule has 0 saturated heterocycles. The summed E-state index contributed by atoms with van der Waals surface area (Å²) in [6.07, 6.45) is 0. The molecule has 0 aliphatic rings. The van der Waals surface area contributed by atoms with E-state index in [9.17, 15) is 14.9 Å². The Morgan fingerprint density at radius 1 is 1.35 bits per heavy atom. The highest BCUT2D eigenvalue weighted by atomic mass is 16.6. The molecule has 0 bridgehead atoms. The Kier molecular flexibility index (Phi) is 4.49. The summed E-state index contributed by atoms with van der Waals surface area (Å²) in [5, 5.41) is 17.6. The molecule has 1 aromatic carbocycles. The van der Waals surface area contributed by atoms with Gasteiger partial charge in [-0.3, -0.25) is 19.6 Å². The summed E-state index contributed by atoms with van der Waals surface area (Å²) in [4.78, 5) is 22.9. The van der Waals surface area contributed by atoms with Gasteiger partial charge >= 0.3 is 5.69 Å². The Hall–Kier alpha value is -3.10. The number of anilines is 1. The maximum absolute atomic E-state index is 12.3. The minimum absolute atomic E-state index is 0.257. The van der Waals surface area contributed by atoms with Crippen LogP contribution in [0.3, 0.4) is 0 Å². The molecule has 23 heavy (non-hydrogen) atoms. The van der Waals surface area contributed by atoms with Gasteiger partial charge in [0.05, 0.1) is 24.8 Å². The number of hydrogen-bond donors (Lipinski definition) is 1. The van der Waals surface area contributed by atoms with Gasteiger partial charge in [-0.15, -0.1) is 0 Å². The quantitative estimate of drug-likeness (QED) is 0.666.